The van der Waals surface area contributed by atoms with Crippen molar-refractivity contribution >= 4 is 46.4 Å². The minimum absolute atomic E-state index is 0.296. The maximum atomic E-state index is 12.1. The summed E-state index contributed by atoms with van der Waals surface area (Å²) in [5, 5.41) is 4.01. The highest BCUT2D eigenvalue weighted by atomic mass is 35.5. The first-order valence-electron chi connectivity index (χ1n) is 11.6. The van der Waals surface area contributed by atoms with Gasteiger partial charge in [-0.05, 0) is 35.4 Å². The van der Waals surface area contributed by atoms with Crippen molar-refractivity contribution in [2.24, 2.45) is 0 Å². The minimum atomic E-state index is -0.743. The van der Waals surface area contributed by atoms with E-state index < -0.39 is 10.8 Å². The van der Waals surface area contributed by atoms with Gasteiger partial charge in [-0.15, -0.1) is 36.0 Å². The number of alkyl halides is 2. The smallest absolute Gasteiger partial charge is 0.247 e. The van der Waals surface area contributed by atoms with Crippen LogP contribution in [0.25, 0.3) is 0 Å². The summed E-state index contributed by atoms with van der Waals surface area (Å²) < 4.78 is 0. The van der Waals surface area contributed by atoms with Crippen LogP contribution in [-0.2, 0) is 9.59 Å². The van der Waals surface area contributed by atoms with Crippen LogP contribution < -0.4 is 10.6 Å². The molecule has 0 heterocycles. The Kier molecular flexibility index (Phi) is 10.6. The lowest BCUT2D eigenvalue weighted by Crippen LogP contribution is -2.17. The molecule has 0 radical (unpaired) electrons. The number of carbonyl (C=O) groups excluding carboxylic acids is 2. The molecule has 4 rings (SSSR count). The first kappa shape index (κ1) is 28.1. The maximum absolute atomic E-state index is 12.1. The van der Waals surface area contributed by atoms with Crippen LogP contribution in [0.15, 0.2) is 109 Å². The molecule has 4 nitrogen and oxygen atoms in total. The molecule has 0 unspecified atom stereocenters. The van der Waals surface area contributed by atoms with E-state index in [0.29, 0.717) is 22.5 Å². The SMILES string of the molecule is C#Cc1ccccc1NC(=O)[C@H](Cl)c1ccccc1.C#Cc1ccccc1NC(=O)[C@H](Cl)c1ccccc1. The molecule has 0 aliphatic rings. The summed E-state index contributed by atoms with van der Waals surface area (Å²) in [6.07, 6.45) is 10.8. The molecule has 38 heavy (non-hydrogen) atoms. The number of nitrogens with one attached hydrogen (secondary N) is 2. The largest absolute Gasteiger partial charge is 0.323 e. The highest BCUT2D eigenvalue weighted by Gasteiger charge is 2.19. The quantitative estimate of drug-likeness (QED) is 0.202. The standard InChI is InChI=1S/2C16H12ClNO/c2*1-2-12-8-6-7-11-14(12)18-16(19)15(17)13-9-4-3-5-10-13/h2*1,3-11,15H,(H,18,19)/t2*15-/m11/s1. The van der Waals surface area contributed by atoms with Gasteiger partial charge in [0.25, 0.3) is 0 Å². The molecule has 4 aromatic rings. The van der Waals surface area contributed by atoms with Gasteiger partial charge in [0, 0.05) is 11.1 Å². The minimum Gasteiger partial charge on any atom is -0.323 e. The van der Waals surface area contributed by atoms with Crippen molar-refractivity contribution in [1.29, 1.82) is 0 Å². The van der Waals surface area contributed by atoms with Gasteiger partial charge >= 0.3 is 0 Å². The fourth-order valence-electron chi connectivity index (χ4n) is 3.37. The van der Waals surface area contributed by atoms with Crippen molar-refractivity contribution in [3.63, 3.8) is 0 Å². The Morgan fingerprint density at radius 2 is 0.868 bits per heavy atom. The predicted molar refractivity (Wildman–Crippen MR) is 156 cm³/mol. The van der Waals surface area contributed by atoms with E-state index in [1.165, 1.54) is 0 Å². The molecule has 6 heteroatoms. The van der Waals surface area contributed by atoms with Crippen LogP contribution >= 0.6 is 23.2 Å². The van der Waals surface area contributed by atoms with Gasteiger partial charge in [0.05, 0.1) is 11.4 Å². The number of rotatable bonds is 6. The summed E-state index contributed by atoms with van der Waals surface area (Å²) in [5.74, 6) is 4.45. The van der Waals surface area contributed by atoms with Gasteiger partial charge in [-0.25, -0.2) is 0 Å². The zero-order valence-electron chi connectivity index (χ0n) is 20.3. The van der Waals surface area contributed by atoms with E-state index in [0.717, 1.165) is 11.1 Å². The van der Waals surface area contributed by atoms with Gasteiger partial charge in [0.2, 0.25) is 11.8 Å². The molecule has 2 amide bonds. The Bertz CT molecular complexity index is 1350. The third-order valence-electron chi connectivity index (χ3n) is 5.33. The second-order valence-corrected chi connectivity index (χ2v) is 8.78. The first-order valence-corrected chi connectivity index (χ1v) is 12.4. The van der Waals surface area contributed by atoms with Gasteiger partial charge in [-0.1, -0.05) is 96.8 Å². The Morgan fingerprint density at radius 1 is 0.553 bits per heavy atom. The van der Waals surface area contributed by atoms with Gasteiger partial charge in [0.1, 0.15) is 10.8 Å². The van der Waals surface area contributed by atoms with Crippen LogP contribution in [0.1, 0.15) is 33.0 Å². The summed E-state index contributed by atoms with van der Waals surface area (Å²) in [6.45, 7) is 0. The lowest BCUT2D eigenvalue weighted by Gasteiger charge is -2.12. The number of halogens is 2. The molecule has 2 N–H and O–H groups in total. The van der Waals surface area contributed by atoms with Crippen molar-refractivity contribution in [1.82, 2.24) is 0 Å². The van der Waals surface area contributed by atoms with Crippen LogP contribution in [0, 0.1) is 24.7 Å². The number of hydrogen-bond acceptors (Lipinski definition) is 2. The fourth-order valence-corrected chi connectivity index (χ4v) is 3.77. The van der Waals surface area contributed by atoms with Crippen LogP contribution in [-0.4, -0.2) is 11.8 Å². The molecule has 0 saturated heterocycles. The van der Waals surface area contributed by atoms with Crippen molar-refractivity contribution in [3.05, 3.63) is 131 Å². The second-order valence-electron chi connectivity index (χ2n) is 7.90. The zero-order chi connectivity index (χ0) is 27.3. The van der Waals surface area contributed by atoms with E-state index in [-0.39, 0.29) is 11.8 Å². The molecule has 0 bridgehead atoms. The number of hydrogen-bond donors (Lipinski definition) is 2. The average Bonchev–Trinajstić information content (AvgIpc) is 2.98. The molecule has 0 spiro atoms. The molecule has 0 saturated carbocycles. The topological polar surface area (TPSA) is 58.2 Å². The molecular formula is C32H24Cl2N2O2. The fraction of sp³-hybridized carbons (Fsp3) is 0.0625. The Hall–Kier alpha value is -4.48. The number of benzene rings is 4. The monoisotopic (exact) mass is 538 g/mol. The number of terminal acetylenes is 2. The molecule has 4 aromatic carbocycles. The average molecular weight is 539 g/mol. The Morgan fingerprint density at radius 3 is 1.21 bits per heavy atom. The van der Waals surface area contributed by atoms with Crippen LogP contribution in [0.3, 0.4) is 0 Å². The molecule has 0 aromatic heterocycles. The van der Waals surface area contributed by atoms with E-state index in [1.807, 2.05) is 84.9 Å². The highest BCUT2D eigenvalue weighted by Crippen LogP contribution is 2.24. The number of amides is 2. The van der Waals surface area contributed by atoms with E-state index in [2.05, 4.69) is 22.5 Å². The number of anilines is 2. The third kappa shape index (κ3) is 7.76. The molecule has 2 atom stereocenters. The van der Waals surface area contributed by atoms with Crippen LogP contribution in [0.5, 0.6) is 0 Å². The van der Waals surface area contributed by atoms with Gasteiger partial charge in [-0.3, -0.25) is 9.59 Å². The second kappa shape index (κ2) is 14.3. The van der Waals surface area contributed by atoms with Gasteiger partial charge < -0.3 is 10.6 Å². The molecule has 188 valence electrons. The van der Waals surface area contributed by atoms with Gasteiger partial charge in [-0.2, -0.15) is 0 Å². The van der Waals surface area contributed by atoms with E-state index in [1.54, 1.807) is 24.3 Å². The van der Waals surface area contributed by atoms with Crippen molar-refractivity contribution < 1.29 is 9.59 Å². The van der Waals surface area contributed by atoms with E-state index in [4.69, 9.17) is 36.0 Å². The summed E-state index contributed by atoms with van der Waals surface area (Å²) in [6, 6.07) is 32.6. The number of para-hydroxylation sites is 2. The van der Waals surface area contributed by atoms with Crippen molar-refractivity contribution in [2.45, 2.75) is 10.8 Å². The van der Waals surface area contributed by atoms with Crippen molar-refractivity contribution in [2.75, 3.05) is 10.6 Å². The Labute approximate surface area is 233 Å². The van der Waals surface area contributed by atoms with Crippen LogP contribution in [0.4, 0.5) is 11.4 Å². The normalized spacial score (nSPS) is 11.4. The number of carbonyl (C=O) groups is 2. The Balaban J connectivity index is 0.000000211. The lowest BCUT2D eigenvalue weighted by molar-refractivity contribution is -0.116. The predicted octanol–water partition coefficient (Wildman–Crippen LogP) is 7.17. The maximum Gasteiger partial charge on any atom is 0.247 e. The van der Waals surface area contributed by atoms with Gasteiger partial charge in [0.15, 0.2) is 0 Å². The summed E-state index contributed by atoms with van der Waals surface area (Å²) in [5.41, 5.74) is 3.95. The summed E-state index contributed by atoms with van der Waals surface area (Å²) >= 11 is 12.3. The molecule has 0 fully saturated rings. The van der Waals surface area contributed by atoms with E-state index in [9.17, 15) is 9.59 Å². The van der Waals surface area contributed by atoms with Crippen LogP contribution in [0.2, 0.25) is 0 Å². The van der Waals surface area contributed by atoms with E-state index >= 15 is 0 Å². The highest BCUT2D eigenvalue weighted by molar-refractivity contribution is 6.33. The summed E-state index contributed by atoms with van der Waals surface area (Å²) in [4.78, 5) is 24.1. The molecule has 0 aliphatic carbocycles. The first-order chi connectivity index (χ1) is 18.4. The van der Waals surface area contributed by atoms with Crippen molar-refractivity contribution in [3.8, 4) is 24.7 Å². The zero-order valence-corrected chi connectivity index (χ0v) is 21.8. The summed E-state index contributed by atoms with van der Waals surface area (Å²) in [7, 11) is 0. The lowest BCUT2D eigenvalue weighted by atomic mass is 10.1. The third-order valence-corrected chi connectivity index (χ3v) is 6.23. The molecular weight excluding hydrogens is 515 g/mol. The molecule has 0 aliphatic heterocycles.